The van der Waals surface area contributed by atoms with E-state index in [0.717, 1.165) is 24.6 Å². The molecule has 6 heteroatoms. The number of carbonyl (C=O) groups excluding carboxylic acids is 3. The molecule has 25 heavy (non-hydrogen) atoms. The molecule has 0 atom stereocenters. The van der Waals surface area contributed by atoms with Crippen molar-refractivity contribution >= 4 is 17.9 Å². The molecule has 0 rings (SSSR count). The first kappa shape index (κ1) is 22.6. The van der Waals surface area contributed by atoms with Crippen LogP contribution in [0.5, 0.6) is 0 Å². The molecule has 140 valence electrons. The van der Waals surface area contributed by atoms with Gasteiger partial charge in [0.15, 0.2) is 0 Å². The average Bonchev–Trinajstić information content (AvgIpc) is 2.58. The molecule has 0 saturated carbocycles. The van der Waals surface area contributed by atoms with Gasteiger partial charge in [-0.25, -0.2) is 14.4 Å². The second kappa shape index (κ2) is 10.5. The molecule has 0 aliphatic carbocycles. The van der Waals surface area contributed by atoms with E-state index in [1.807, 2.05) is 0 Å². The van der Waals surface area contributed by atoms with Gasteiger partial charge in [-0.1, -0.05) is 40.5 Å². The number of hydrogen-bond acceptors (Lipinski definition) is 6. The monoisotopic (exact) mass is 352 g/mol. The summed E-state index contributed by atoms with van der Waals surface area (Å²) in [6, 6.07) is 0. The van der Waals surface area contributed by atoms with Gasteiger partial charge in [0.2, 0.25) is 0 Å². The minimum Gasteiger partial charge on any atom is -0.462 e. The molecular formula is C19H28O6. The molecule has 6 nitrogen and oxygen atoms in total. The molecule has 0 N–H and O–H groups in total. The maximum Gasteiger partial charge on any atom is 0.330 e. The Hall–Kier alpha value is -2.37. The zero-order valence-electron chi connectivity index (χ0n) is 15.3. The van der Waals surface area contributed by atoms with Gasteiger partial charge in [0, 0.05) is 18.2 Å². The molecule has 0 saturated heterocycles. The lowest BCUT2D eigenvalue weighted by Gasteiger charge is -2.34. The number of carbonyl (C=O) groups is 3. The summed E-state index contributed by atoms with van der Waals surface area (Å²) >= 11 is 0. The number of ether oxygens (including phenoxy) is 3. The molecule has 0 bridgehead atoms. The van der Waals surface area contributed by atoms with Crippen molar-refractivity contribution < 1.29 is 28.6 Å². The molecular weight excluding hydrogens is 324 g/mol. The van der Waals surface area contributed by atoms with E-state index in [9.17, 15) is 14.4 Å². The predicted octanol–water partition coefficient (Wildman–Crippen LogP) is 2.99. The van der Waals surface area contributed by atoms with E-state index in [1.165, 1.54) is 0 Å². The zero-order chi connectivity index (χ0) is 19.5. The summed E-state index contributed by atoms with van der Waals surface area (Å²) in [7, 11) is 0. The Morgan fingerprint density at radius 1 is 0.720 bits per heavy atom. The first-order valence-corrected chi connectivity index (χ1v) is 7.95. The van der Waals surface area contributed by atoms with Crippen LogP contribution in [0.1, 0.15) is 33.6 Å². The molecule has 0 spiro atoms. The van der Waals surface area contributed by atoms with Crippen molar-refractivity contribution in [3.05, 3.63) is 38.0 Å². The average molecular weight is 352 g/mol. The minimum atomic E-state index is -0.872. The van der Waals surface area contributed by atoms with Gasteiger partial charge < -0.3 is 14.2 Å². The van der Waals surface area contributed by atoms with Gasteiger partial charge in [-0.15, -0.1) is 0 Å². The summed E-state index contributed by atoms with van der Waals surface area (Å²) in [6.45, 7) is 16.0. The summed E-state index contributed by atoms with van der Waals surface area (Å²) in [5.41, 5.74) is -0.887. The van der Waals surface area contributed by atoms with Crippen molar-refractivity contribution in [3.63, 3.8) is 0 Å². The molecule has 0 fully saturated rings. The topological polar surface area (TPSA) is 78.9 Å². The van der Waals surface area contributed by atoms with Crippen molar-refractivity contribution in [3.8, 4) is 0 Å². The smallest absolute Gasteiger partial charge is 0.330 e. The Morgan fingerprint density at radius 2 is 1.04 bits per heavy atom. The summed E-state index contributed by atoms with van der Waals surface area (Å²) in [5.74, 6) is -1.82. The van der Waals surface area contributed by atoms with Gasteiger partial charge in [-0.05, 0) is 18.3 Å². The molecule has 0 radical (unpaired) electrons. The Balaban J connectivity index is 5.37. The van der Waals surface area contributed by atoms with Crippen LogP contribution < -0.4 is 0 Å². The third kappa shape index (κ3) is 10.2. The first-order chi connectivity index (χ1) is 11.6. The highest BCUT2D eigenvalue weighted by atomic mass is 16.6. The lowest BCUT2D eigenvalue weighted by atomic mass is 9.79. The fraction of sp³-hybridized carbons (Fsp3) is 0.526. The molecule has 0 aromatic rings. The Morgan fingerprint density at radius 3 is 1.28 bits per heavy atom. The summed E-state index contributed by atoms with van der Waals surface area (Å²) in [5, 5.41) is 0. The van der Waals surface area contributed by atoms with E-state index < -0.39 is 23.3 Å². The van der Waals surface area contributed by atoms with E-state index in [1.54, 1.807) is 0 Å². The fourth-order valence-corrected chi connectivity index (χ4v) is 1.83. The van der Waals surface area contributed by atoms with Gasteiger partial charge in [0.05, 0.1) is 5.41 Å². The fourth-order valence-electron chi connectivity index (χ4n) is 1.83. The van der Waals surface area contributed by atoms with Gasteiger partial charge in [0.1, 0.15) is 19.8 Å². The molecule has 0 aliphatic rings. The third-order valence-electron chi connectivity index (χ3n) is 3.47. The van der Waals surface area contributed by atoms with Crippen LogP contribution in [-0.2, 0) is 28.6 Å². The van der Waals surface area contributed by atoms with Crippen LogP contribution >= 0.6 is 0 Å². The van der Waals surface area contributed by atoms with E-state index in [-0.39, 0.29) is 25.2 Å². The molecule has 0 aliphatic heterocycles. The van der Waals surface area contributed by atoms with Crippen molar-refractivity contribution in [1.82, 2.24) is 0 Å². The molecule has 0 aromatic carbocycles. The zero-order valence-corrected chi connectivity index (χ0v) is 15.3. The predicted molar refractivity (Wildman–Crippen MR) is 94.6 cm³/mol. The van der Waals surface area contributed by atoms with Gasteiger partial charge in [-0.3, -0.25) is 0 Å². The van der Waals surface area contributed by atoms with E-state index in [0.29, 0.717) is 6.42 Å². The van der Waals surface area contributed by atoms with Gasteiger partial charge in [0.25, 0.3) is 0 Å². The standard InChI is InChI=1S/C19H28O6/c1-7-15(20)23-12-19(11-10-18(4,5)6,13-24-16(21)8-2)14-25-17(22)9-3/h7-9H,1-3,10-14H2,4-6H3. The highest BCUT2D eigenvalue weighted by molar-refractivity contribution is 5.82. The maximum atomic E-state index is 11.5. The quantitative estimate of drug-likeness (QED) is 0.323. The molecule has 0 unspecified atom stereocenters. The third-order valence-corrected chi connectivity index (χ3v) is 3.47. The SMILES string of the molecule is C=CC(=O)OCC(CCC(C)(C)C)(COC(=O)C=C)COC(=O)C=C. The second-order valence-electron chi connectivity index (χ2n) is 7.00. The summed E-state index contributed by atoms with van der Waals surface area (Å²) in [6.07, 6.45) is 4.37. The van der Waals surface area contributed by atoms with Crippen LogP contribution in [0, 0.1) is 10.8 Å². The normalized spacial score (nSPS) is 11.2. The van der Waals surface area contributed by atoms with Crippen molar-refractivity contribution in [2.45, 2.75) is 33.6 Å². The molecule has 0 aromatic heterocycles. The van der Waals surface area contributed by atoms with E-state index in [4.69, 9.17) is 14.2 Å². The van der Waals surface area contributed by atoms with Crippen LogP contribution in [-0.4, -0.2) is 37.7 Å². The maximum absolute atomic E-state index is 11.5. The Labute approximate surface area is 149 Å². The number of hydrogen-bond donors (Lipinski definition) is 0. The lowest BCUT2D eigenvalue weighted by Crippen LogP contribution is -2.40. The van der Waals surface area contributed by atoms with Crippen molar-refractivity contribution in [2.75, 3.05) is 19.8 Å². The van der Waals surface area contributed by atoms with Crippen molar-refractivity contribution in [2.24, 2.45) is 10.8 Å². The Kier molecular flexibility index (Phi) is 9.49. The number of rotatable bonds is 11. The molecule has 0 heterocycles. The van der Waals surface area contributed by atoms with Crippen LogP contribution in [0.2, 0.25) is 0 Å². The van der Waals surface area contributed by atoms with E-state index >= 15 is 0 Å². The Bertz CT molecular complexity index is 453. The second-order valence-corrected chi connectivity index (χ2v) is 7.00. The lowest BCUT2D eigenvalue weighted by molar-refractivity contribution is -0.156. The summed E-state index contributed by atoms with van der Waals surface area (Å²) in [4.78, 5) is 34.4. The largest absolute Gasteiger partial charge is 0.462 e. The van der Waals surface area contributed by atoms with Gasteiger partial charge in [-0.2, -0.15) is 0 Å². The molecule has 0 amide bonds. The van der Waals surface area contributed by atoms with Crippen molar-refractivity contribution in [1.29, 1.82) is 0 Å². The van der Waals surface area contributed by atoms with Gasteiger partial charge >= 0.3 is 17.9 Å². The van der Waals surface area contributed by atoms with E-state index in [2.05, 4.69) is 40.5 Å². The van der Waals surface area contributed by atoms with Crippen LogP contribution in [0.25, 0.3) is 0 Å². The van der Waals surface area contributed by atoms with Crippen LogP contribution in [0.4, 0.5) is 0 Å². The highest BCUT2D eigenvalue weighted by Gasteiger charge is 2.36. The minimum absolute atomic E-state index is 0.0153. The summed E-state index contributed by atoms with van der Waals surface area (Å²) < 4.78 is 15.5. The number of esters is 3. The van der Waals surface area contributed by atoms with Crippen LogP contribution in [0.15, 0.2) is 38.0 Å². The highest BCUT2D eigenvalue weighted by Crippen LogP contribution is 2.32. The van der Waals surface area contributed by atoms with Crippen LogP contribution in [0.3, 0.4) is 0 Å². The first-order valence-electron chi connectivity index (χ1n) is 7.95.